The average molecular weight is 280 g/mol. The molecule has 0 fully saturated rings. The van der Waals surface area contributed by atoms with Crippen LogP contribution in [0.25, 0.3) is 0 Å². The van der Waals surface area contributed by atoms with Gasteiger partial charge in [0.2, 0.25) is 0 Å². The number of benzene rings is 2. The van der Waals surface area contributed by atoms with Crippen LogP contribution in [0.1, 0.15) is 5.56 Å². The van der Waals surface area contributed by atoms with Crippen LogP contribution < -0.4 is 10.5 Å². The van der Waals surface area contributed by atoms with Crippen molar-refractivity contribution in [2.75, 3.05) is 12.8 Å². The summed E-state index contributed by atoms with van der Waals surface area (Å²) >= 11 is 7.67. The van der Waals surface area contributed by atoms with Gasteiger partial charge in [-0.3, -0.25) is 0 Å². The zero-order valence-corrected chi connectivity index (χ0v) is 11.6. The van der Waals surface area contributed by atoms with Crippen LogP contribution in [-0.4, -0.2) is 7.11 Å². The van der Waals surface area contributed by atoms with Crippen molar-refractivity contribution in [3.63, 3.8) is 0 Å². The predicted molar refractivity (Wildman–Crippen MR) is 78.4 cm³/mol. The predicted octanol–water partition coefficient (Wildman–Crippen LogP) is 4.22. The first kappa shape index (κ1) is 13.1. The topological polar surface area (TPSA) is 35.2 Å². The highest BCUT2D eigenvalue weighted by atomic mass is 35.5. The van der Waals surface area contributed by atoms with Gasteiger partial charge >= 0.3 is 0 Å². The highest BCUT2D eigenvalue weighted by Crippen LogP contribution is 2.28. The Morgan fingerprint density at radius 1 is 1.22 bits per heavy atom. The van der Waals surface area contributed by atoms with Crippen LogP contribution in [-0.2, 0) is 5.75 Å². The smallest absolute Gasteiger partial charge is 0.141 e. The van der Waals surface area contributed by atoms with E-state index in [4.69, 9.17) is 22.1 Å². The molecule has 0 unspecified atom stereocenters. The van der Waals surface area contributed by atoms with Crippen molar-refractivity contribution in [1.29, 1.82) is 0 Å². The second-order valence-electron chi connectivity index (χ2n) is 3.82. The van der Waals surface area contributed by atoms with Crippen LogP contribution in [0.15, 0.2) is 47.4 Å². The molecule has 0 amide bonds. The van der Waals surface area contributed by atoms with E-state index in [9.17, 15) is 0 Å². The minimum absolute atomic E-state index is 0.668. The first-order chi connectivity index (χ1) is 8.69. The summed E-state index contributed by atoms with van der Waals surface area (Å²) < 4.78 is 5.13. The van der Waals surface area contributed by atoms with Gasteiger partial charge in [0.05, 0.1) is 12.8 Å². The van der Waals surface area contributed by atoms with Gasteiger partial charge in [0.15, 0.2) is 0 Å². The summed E-state index contributed by atoms with van der Waals surface area (Å²) in [5.41, 5.74) is 7.70. The van der Waals surface area contributed by atoms with Gasteiger partial charge in [0.25, 0.3) is 0 Å². The van der Waals surface area contributed by atoms with E-state index < -0.39 is 0 Å². The third kappa shape index (κ3) is 3.34. The number of rotatable bonds is 4. The van der Waals surface area contributed by atoms with E-state index in [1.165, 1.54) is 5.56 Å². The van der Waals surface area contributed by atoms with Gasteiger partial charge in [-0.25, -0.2) is 0 Å². The second-order valence-corrected chi connectivity index (χ2v) is 5.31. The molecule has 2 rings (SSSR count). The van der Waals surface area contributed by atoms with Crippen molar-refractivity contribution in [3.8, 4) is 5.75 Å². The first-order valence-corrected chi connectivity index (χ1v) is 6.86. The molecule has 0 radical (unpaired) electrons. The van der Waals surface area contributed by atoms with Crippen molar-refractivity contribution in [3.05, 3.63) is 53.1 Å². The highest BCUT2D eigenvalue weighted by Gasteiger charge is 2.02. The third-order valence-corrected chi connectivity index (χ3v) is 3.80. The Balaban J connectivity index is 2.04. The third-order valence-electron chi connectivity index (χ3n) is 2.50. The molecule has 0 aromatic heterocycles. The standard InChI is InChI=1S/C14H14ClNOS/c1-17-14-6-5-10(7-13(14)16)9-18-12-4-2-3-11(15)8-12/h2-8H,9,16H2,1H3. The number of anilines is 1. The Bertz CT molecular complexity index is 545. The van der Waals surface area contributed by atoms with Gasteiger partial charge in [-0.15, -0.1) is 11.8 Å². The molecule has 0 heterocycles. The number of hydrogen-bond donors (Lipinski definition) is 1. The Kier molecular flexibility index (Phi) is 4.39. The lowest BCUT2D eigenvalue weighted by Gasteiger charge is -2.07. The summed E-state index contributed by atoms with van der Waals surface area (Å²) in [4.78, 5) is 1.15. The minimum atomic E-state index is 0.668. The summed E-state index contributed by atoms with van der Waals surface area (Å²) in [6.45, 7) is 0. The molecule has 2 N–H and O–H groups in total. The van der Waals surface area contributed by atoms with Crippen molar-refractivity contribution in [2.45, 2.75) is 10.6 Å². The number of methoxy groups -OCH3 is 1. The molecule has 2 aromatic carbocycles. The quantitative estimate of drug-likeness (QED) is 0.672. The molecule has 2 aromatic rings. The van der Waals surface area contributed by atoms with Gasteiger partial charge < -0.3 is 10.5 Å². The Morgan fingerprint density at radius 3 is 2.72 bits per heavy atom. The molecule has 2 nitrogen and oxygen atoms in total. The van der Waals surface area contributed by atoms with E-state index in [2.05, 4.69) is 0 Å². The van der Waals surface area contributed by atoms with Gasteiger partial charge in [0, 0.05) is 15.7 Å². The lowest BCUT2D eigenvalue weighted by Crippen LogP contribution is -1.93. The van der Waals surface area contributed by atoms with Crippen LogP contribution >= 0.6 is 23.4 Å². The zero-order valence-electron chi connectivity index (χ0n) is 10.0. The van der Waals surface area contributed by atoms with Crippen LogP contribution in [0.5, 0.6) is 5.75 Å². The summed E-state index contributed by atoms with van der Waals surface area (Å²) in [5, 5.41) is 0.759. The van der Waals surface area contributed by atoms with Crippen molar-refractivity contribution >= 4 is 29.1 Å². The monoisotopic (exact) mass is 279 g/mol. The van der Waals surface area contributed by atoms with Gasteiger partial charge in [-0.05, 0) is 35.9 Å². The van der Waals surface area contributed by atoms with E-state index in [-0.39, 0.29) is 0 Å². The average Bonchev–Trinajstić information content (AvgIpc) is 2.37. The van der Waals surface area contributed by atoms with E-state index in [1.807, 2.05) is 42.5 Å². The van der Waals surface area contributed by atoms with Crippen LogP contribution in [0.2, 0.25) is 5.02 Å². The number of ether oxygens (including phenoxy) is 1. The number of nitrogens with two attached hydrogens (primary N) is 1. The molecule has 94 valence electrons. The fraction of sp³-hybridized carbons (Fsp3) is 0.143. The second kappa shape index (κ2) is 6.03. The zero-order chi connectivity index (χ0) is 13.0. The largest absolute Gasteiger partial charge is 0.495 e. The van der Waals surface area contributed by atoms with E-state index in [0.717, 1.165) is 15.7 Å². The van der Waals surface area contributed by atoms with E-state index in [1.54, 1.807) is 18.9 Å². The summed E-state index contributed by atoms with van der Waals surface area (Å²) in [5.74, 6) is 1.57. The maximum Gasteiger partial charge on any atom is 0.141 e. The maximum absolute atomic E-state index is 5.94. The van der Waals surface area contributed by atoms with Crippen molar-refractivity contribution in [2.24, 2.45) is 0 Å². The molecule has 0 bridgehead atoms. The van der Waals surface area contributed by atoms with Crippen molar-refractivity contribution < 1.29 is 4.74 Å². The number of hydrogen-bond acceptors (Lipinski definition) is 3. The van der Waals surface area contributed by atoms with E-state index in [0.29, 0.717) is 11.4 Å². The van der Waals surface area contributed by atoms with E-state index >= 15 is 0 Å². The summed E-state index contributed by atoms with van der Waals surface area (Å²) in [7, 11) is 1.62. The number of nitrogen functional groups attached to an aromatic ring is 1. The molecule has 0 aliphatic rings. The molecular formula is C14H14ClNOS. The fourth-order valence-corrected chi connectivity index (χ4v) is 2.75. The summed E-state index contributed by atoms with van der Waals surface area (Å²) in [6.07, 6.45) is 0. The van der Waals surface area contributed by atoms with Crippen molar-refractivity contribution in [1.82, 2.24) is 0 Å². The molecule has 0 saturated carbocycles. The van der Waals surface area contributed by atoms with Gasteiger partial charge in [-0.1, -0.05) is 23.7 Å². The maximum atomic E-state index is 5.94. The number of thioether (sulfide) groups is 1. The number of halogens is 1. The fourth-order valence-electron chi connectivity index (χ4n) is 1.60. The Hall–Kier alpha value is -1.32. The van der Waals surface area contributed by atoms with Gasteiger partial charge in [-0.2, -0.15) is 0 Å². The minimum Gasteiger partial charge on any atom is -0.495 e. The van der Waals surface area contributed by atoms with Gasteiger partial charge in [0.1, 0.15) is 5.75 Å². The molecular weight excluding hydrogens is 266 g/mol. The molecule has 0 aliphatic carbocycles. The molecule has 0 saturated heterocycles. The molecule has 0 atom stereocenters. The Labute approximate surface area is 116 Å². The SMILES string of the molecule is COc1ccc(CSc2cccc(Cl)c2)cc1N. The van der Waals surface area contributed by atoms with Crippen LogP contribution in [0.4, 0.5) is 5.69 Å². The molecule has 0 aliphatic heterocycles. The summed E-state index contributed by atoms with van der Waals surface area (Å²) in [6, 6.07) is 13.7. The molecule has 0 spiro atoms. The highest BCUT2D eigenvalue weighted by molar-refractivity contribution is 7.98. The van der Waals surface area contributed by atoms with Crippen LogP contribution in [0.3, 0.4) is 0 Å². The lowest BCUT2D eigenvalue weighted by atomic mass is 10.2. The normalized spacial score (nSPS) is 10.3. The molecule has 18 heavy (non-hydrogen) atoms. The molecule has 4 heteroatoms. The first-order valence-electron chi connectivity index (χ1n) is 5.50. The Morgan fingerprint density at radius 2 is 2.06 bits per heavy atom. The lowest BCUT2D eigenvalue weighted by molar-refractivity contribution is 0.417. The van der Waals surface area contributed by atoms with Crippen LogP contribution in [0, 0.1) is 0 Å².